The van der Waals surface area contributed by atoms with Crippen LogP contribution in [-0.2, 0) is 6.42 Å². The molecular formula is C13H21N3O. The molecule has 0 aliphatic heterocycles. The summed E-state index contributed by atoms with van der Waals surface area (Å²) >= 11 is 0. The molecule has 0 spiro atoms. The molecule has 0 aromatic carbocycles. The minimum Gasteiger partial charge on any atom is -0.477 e. The predicted octanol–water partition coefficient (Wildman–Crippen LogP) is 2.58. The molecule has 0 amide bonds. The number of anilines is 1. The van der Waals surface area contributed by atoms with Crippen molar-refractivity contribution in [3.8, 4) is 5.88 Å². The molecule has 0 bridgehead atoms. The Morgan fingerprint density at radius 1 is 1.35 bits per heavy atom. The molecule has 0 saturated heterocycles. The summed E-state index contributed by atoms with van der Waals surface area (Å²) < 4.78 is 5.73. The summed E-state index contributed by atoms with van der Waals surface area (Å²) in [6, 6.07) is 1.72. The second-order valence-corrected chi connectivity index (χ2v) is 4.76. The summed E-state index contributed by atoms with van der Waals surface area (Å²) in [6.45, 7) is 2.87. The van der Waals surface area contributed by atoms with Crippen LogP contribution in [-0.4, -0.2) is 16.6 Å². The normalized spacial score (nSPS) is 16.3. The van der Waals surface area contributed by atoms with Gasteiger partial charge in [-0.2, -0.15) is 4.98 Å². The molecule has 0 radical (unpaired) electrons. The predicted molar refractivity (Wildman–Crippen MR) is 67.9 cm³/mol. The summed E-state index contributed by atoms with van der Waals surface area (Å²) in [5.41, 5.74) is 5.74. The van der Waals surface area contributed by atoms with Crippen LogP contribution >= 0.6 is 0 Å². The number of hydrogen-bond donors (Lipinski definition) is 1. The summed E-state index contributed by atoms with van der Waals surface area (Å²) in [5, 5.41) is 0. The zero-order chi connectivity index (χ0) is 12.1. The first-order chi connectivity index (χ1) is 8.28. The number of nitrogens with two attached hydrogens (primary N) is 1. The lowest BCUT2D eigenvalue weighted by Gasteiger charge is -2.11. The van der Waals surface area contributed by atoms with Gasteiger partial charge in [-0.25, -0.2) is 4.98 Å². The van der Waals surface area contributed by atoms with Gasteiger partial charge in [0.05, 0.1) is 6.61 Å². The number of nitrogen functional groups attached to an aromatic ring is 1. The monoisotopic (exact) mass is 235 g/mol. The fraction of sp³-hybridized carbons (Fsp3) is 0.692. The average molecular weight is 235 g/mol. The molecule has 1 saturated carbocycles. The molecular weight excluding hydrogens is 214 g/mol. The molecule has 1 heterocycles. The average Bonchev–Trinajstić information content (AvgIpc) is 2.79. The van der Waals surface area contributed by atoms with Crippen LogP contribution < -0.4 is 10.5 Å². The molecule has 4 nitrogen and oxygen atoms in total. The highest BCUT2D eigenvalue weighted by atomic mass is 16.5. The number of aryl methyl sites for hydroxylation is 1. The van der Waals surface area contributed by atoms with E-state index in [0.717, 1.165) is 25.3 Å². The van der Waals surface area contributed by atoms with Crippen molar-refractivity contribution in [2.45, 2.75) is 45.4 Å². The zero-order valence-corrected chi connectivity index (χ0v) is 10.5. The maximum atomic E-state index is 5.74. The van der Waals surface area contributed by atoms with Gasteiger partial charge in [-0.3, -0.25) is 0 Å². The summed E-state index contributed by atoms with van der Waals surface area (Å²) in [6.07, 6.45) is 7.10. The molecule has 1 aromatic rings. The molecule has 1 aliphatic rings. The Morgan fingerprint density at radius 2 is 2.12 bits per heavy atom. The molecule has 0 atom stereocenters. The Labute approximate surface area is 103 Å². The molecule has 17 heavy (non-hydrogen) atoms. The summed E-state index contributed by atoms with van der Waals surface area (Å²) in [7, 11) is 0. The highest BCUT2D eigenvalue weighted by Gasteiger charge is 2.16. The molecule has 94 valence electrons. The first kappa shape index (κ1) is 12.1. The van der Waals surface area contributed by atoms with E-state index in [1.54, 1.807) is 6.07 Å². The molecule has 4 heteroatoms. The maximum Gasteiger partial charge on any atom is 0.218 e. The van der Waals surface area contributed by atoms with Gasteiger partial charge in [0.15, 0.2) is 0 Å². The van der Waals surface area contributed by atoms with Crippen LogP contribution in [0.5, 0.6) is 5.88 Å². The van der Waals surface area contributed by atoms with Gasteiger partial charge in [0.1, 0.15) is 11.6 Å². The first-order valence-electron chi connectivity index (χ1n) is 6.54. The van der Waals surface area contributed by atoms with Gasteiger partial charge in [-0.05, 0) is 25.2 Å². The smallest absolute Gasteiger partial charge is 0.218 e. The van der Waals surface area contributed by atoms with Gasteiger partial charge in [0, 0.05) is 12.5 Å². The van der Waals surface area contributed by atoms with E-state index < -0.39 is 0 Å². The quantitative estimate of drug-likeness (QED) is 0.852. The van der Waals surface area contributed by atoms with E-state index in [4.69, 9.17) is 10.5 Å². The van der Waals surface area contributed by atoms with Crippen molar-refractivity contribution in [1.82, 2.24) is 9.97 Å². The van der Waals surface area contributed by atoms with E-state index in [1.165, 1.54) is 25.7 Å². The van der Waals surface area contributed by atoms with E-state index in [9.17, 15) is 0 Å². The summed E-state index contributed by atoms with van der Waals surface area (Å²) in [5.74, 6) is 2.62. The van der Waals surface area contributed by atoms with Gasteiger partial charge in [0.25, 0.3) is 0 Å². The van der Waals surface area contributed by atoms with Crippen molar-refractivity contribution in [3.63, 3.8) is 0 Å². The Bertz CT molecular complexity index is 362. The number of rotatable bonds is 5. The van der Waals surface area contributed by atoms with Crippen molar-refractivity contribution < 1.29 is 4.74 Å². The first-order valence-corrected chi connectivity index (χ1v) is 6.54. The number of hydrogen-bond acceptors (Lipinski definition) is 4. The van der Waals surface area contributed by atoms with E-state index in [2.05, 4.69) is 16.9 Å². The summed E-state index contributed by atoms with van der Waals surface area (Å²) in [4.78, 5) is 8.56. The van der Waals surface area contributed by atoms with Gasteiger partial charge >= 0.3 is 0 Å². The third kappa shape index (κ3) is 3.58. The van der Waals surface area contributed by atoms with Crippen molar-refractivity contribution in [2.24, 2.45) is 5.92 Å². The highest BCUT2D eigenvalue weighted by Crippen LogP contribution is 2.25. The standard InChI is InChI=1S/C13H21N3O/c1-2-5-12-15-11(14)8-13(16-12)17-9-10-6-3-4-7-10/h8,10H,2-7,9H2,1H3,(H2,14,15,16). The Hall–Kier alpha value is -1.32. The largest absolute Gasteiger partial charge is 0.477 e. The highest BCUT2D eigenvalue weighted by molar-refractivity contribution is 5.32. The van der Waals surface area contributed by atoms with Gasteiger partial charge in [-0.1, -0.05) is 19.8 Å². The number of nitrogens with zero attached hydrogens (tertiary/aromatic N) is 2. The lowest BCUT2D eigenvalue weighted by Crippen LogP contribution is -2.10. The third-order valence-corrected chi connectivity index (χ3v) is 3.18. The van der Waals surface area contributed by atoms with Crippen LogP contribution in [0.2, 0.25) is 0 Å². The van der Waals surface area contributed by atoms with Crippen molar-refractivity contribution >= 4 is 5.82 Å². The third-order valence-electron chi connectivity index (χ3n) is 3.18. The van der Waals surface area contributed by atoms with E-state index in [-0.39, 0.29) is 0 Å². The minimum atomic E-state index is 0.505. The van der Waals surface area contributed by atoms with Gasteiger partial charge in [-0.15, -0.1) is 0 Å². The van der Waals surface area contributed by atoms with E-state index in [0.29, 0.717) is 17.6 Å². The fourth-order valence-electron chi connectivity index (χ4n) is 2.28. The molecule has 1 fully saturated rings. The molecule has 1 aromatic heterocycles. The van der Waals surface area contributed by atoms with Gasteiger partial charge < -0.3 is 10.5 Å². The Kier molecular flexibility index (Phi) is 4.18. The van der Waals surface area contributed by atoms with Gasteiger partial charge in [0.2, 0.25) is 5.88 Å². The second-order valence-electron chi connectivity index (χ2n) is 4.76. The Balaban J connectivity index is 1.94. The maximum absolute atomic E-state index is 5.74. The Morgan fingerprint density at radius 3 is 2.82 bits per heavy atom. The van der Waals surface area contributed by atoms with E-state index in [1.807, 2.05) is 0 Å². The molecule has 0 unspecified atom stereocenters. The molecule has 1 aliphatic carbocycles. The van der Waals surface area contributed by atoms with Crippen LogP contribution in [0.25, 0.3) is 0 Å². The molecule has 2 rings (SSSR count). The van der Waals surface area contributed by atoms with Crippen molar-refractivity contribution in [1.29, 1.82) is 0 Å². The van der Waals surface area contributed by atoms with Crippen molar-refractivity contribution in [2.75, 3.05) is 12.3 Å². The van der Waals surface area contributed by atoms with Crippen LogP contribution in [0.4, 0.5) is 5.82 Å². The fourth-order valence-corrected chi connectivity index (χ4v) is 2.28. The SMILES string of the molecule is CCCc1nc(N)cc(OCC2CCCC2)n1. The minimum absolute atomic E-state index is 0.505. The van der Waals surface area contributed by atoms with E-state index >= 15 is 0 Å². The van der Waals surface area contributed by atoms with Crippen LogP contribution in [0.1, 0.15) is 44.9 Å². The van der Waals surface area contributed by atoms with Crippen LogP contribution in [0.15, 0.2) is 6.07 Å². The molecule has 2 N–H and O–H groups in total. The lowest BCUT2D eigenvalue weighted by molar-refractivity contribution is 0.242. The lowest BCUT2D eigenvalue weighted by atomic mass is 10.1. The number of aromatic nitrogens is 2. The second kappa shape index (κ2) is 5.84. The van der Waals surface area contributed by atoms with Crippen LogP contribution in [0, 0.1) is 5.92 Å². The zero-order valence-electron chi connectivity index (χ0n) is 10.5. The van der Waals surface area contributed by atoms with Crippen LogP contribution in [0.3, 0.4) is 0 Å². The topological polar surface area (TPSA) is 61.0 Å². The van der Waals surface area contributed by atoms with Crippen molar-refractivity contribution in [3.05, 3.63) is 11.9 Å². The number of ether oxygens (including phenoxy) is 1.